The SMILES string of the molecule is C/C=C\C(=C/CC)c1ccc2occc2c1. The lowest BCUT2D eigenvalue weighted by Gasteiger charge is -2.02. The predicted octanol–water partition coefficient (Wildman–Crippen LogP) is 4.80. The van der Waals surface area contributed by atoms with Crippen LogP contribution in [0.1, 0.15) is 25.8 Å². The first-order chi connectivity index (χ1) is 7.85. The number of hydrogen-bond donors (Lipinski definition) is 0. The quantitative estimate of drug-likeness (QED) is 0.666. The number of fused-ring (bicyclic) bond motifs is 1. The van der Waals surface area contributed by atoms with Crippen LogP contribution < -0.4 is 0 Å². The van der Waals surface area contributed by atoms with Crippen molar-refractivity contribution >= 4 is 16.5 Å². The summed E-state index contributed by atoms with van der Waals surface area (Å²) in [5.41, 5.74) is 3.46. The Morgan fingerprint density at radius 3 is 2.94 bits per heavy atom. The number of benzene rings is 1. The molecule has 0 amide bonds. The lowest BCUT2D eigenvalue weighted by Crippen LogP contribution is -1.80. The van der Waals surface area contributed by atoms with E-state index in [0.717, 1.165) is 17.4 Å². The fourth-order valence-electron chi connectivity index (χ4n) is 1.83. The molecule has 0 aliphatic carbocycles. The van der Waals surface area contributed by atoms with Gasteiger partial charge in [0.05, 0.1) is 6.26 Å². The summed E-state index contributed by atoms with van der Waals surface area (Å²) in [6.07, 6.45) is 9.23. The van der Waals surface area contributed by atoms with Crippen molar-refractivity contribution in [3.8, 4) is 0 Å². The Labute approximate surface area is 96.1 Å². The second-order valence-electron chi connectivity index (χ2n) is 3.74. The molecule has 0 unspecified atom stereocenters. The first-order valence-corrected chi connectivity index (χ1v) is 5.65. The smallest absolute Gasteiger partial charge is 0.133 e. The molecule has 0 atom stereocenters. The van der Waals surface area contributed by atoms with E-state index in [9.17, 15) is 0 Å². The Morgan fingerprint density at radius 2 is 2.19 bits per heavy atom. The molecule has 0 spiro atoms. The molecule has 1 heterocycles. The number of allylic oxidation sites excluding steroid dienone is 4. The van der Waals surface area contributed by atoms with Crippen LogP contribution in [0, 0.1) is 0 Å². The normalized spacial score (nSPS) is 12.8. The van der Waals surface area contributed by atoms with Crippen molar-refractivity contribution in [3.63, 3.8) is 0 Å². The van der Waals surface area contributed by atoms with Gasteiger partial charge in [0.2, 0.25) is 0 Å². The van der Waals surface area contributed by atoms with Gasteiger partial charge < -0.3 is 4.42 Å². The van der Waals surface area contributed by atoms with Gasteiger partial charge in [0.1, 0.15) is 5.58 Å². The highest BCUT2D eigenvalue weighted by molar-refractivity contribution is 5.84. The van der Waals surface area contributed by atoms with Gasteiger partial charge in [-0.2, -0.15) is 0 Å². The Hall–Kier alpha value is -1.76. The Morgan fingerprint density at radius 1 is 1.31 bits per heavy atom. The van der Waals surface area contributed by atoms with Crippen LogP contribution >= 0.6 is 0 Å². The highest BCUT2D eigenvalue weighted by Crippen LogP contribution is 2.23. The maximum Gasteiger partial charge on any atom is 0.133 e. The first-order valence-electron chi connectivity index (χ1n) is 5.65. The van der Waals surface area contributed by atoms with Crippen molar-refractivity contribution in [2.24, 2.45) is 0 Å². The Balaban J connectivity index is 2.48. The lowest BCUT2D eigenvalue weighted by molar-refractivity contribution is 0.616. The van der Waals surface area contributed by atoms with Crippen LogP contribution in [0.3, 0.4) is 0 Å². The molecule has 16 heavy (non-hydrogen) atoms. The molecule has 1 nitrogen and oxygen atoms in total. The third-order valence-corrected chi connectivity index (χ3v) is 2.56. The van der Waals surface area contributed by atoms with E-state index in [1.165, 1.54) is 11.1 Å². The largest absolute Gasteiger partial charge is 0.464 e. The predicted molar refractivity (Wildman–Crippen MR) is 69.3 cm³/mol. The molecule has 0 bridgehead atoms. The number of furan rings is 1. The van der Waals surface area contributed by atoms with E-state index >= 15 is 0 Å². The number of rotatable bonds is 3. The molecule has 0 fully saturated rings. The second-order valence-corrected chi connectivity index (χ2v) is 3.74. The van der Waals surface area contributed by atoms with Gasteiger partial charge in [0.25, 0.3) is 0 Å². The van der Waals surface area contributed by atoms with E-state index in [4.69, 9.17) is 4.42 Å². The maximum atomic E-state index is 5.34. The minimum absolute atomic E-state index is 0.945. The van der Waals surface area contributed by atoms with Crippen LogP contribution in [0.2, 0.25) is 0 Å². The second kappa shape index (κ2) is 4.84. The molecule has 2 rings (SSSR count). The van der Waals surface area contributed by atoms with Crippen LogP contribution in [0.4, 0.5) is 0 Å². The van der Waals surface area contributed by atoms with Gasteiger partial charge in [0, 0.05) is 5.39 Å². The van der Waals surface area contributed by atoms with E-state index in [1.807, 2.05) is 19.1 Å². The fraction of sp³-hybridized carbons (Fsp3) is 0.200. The minimum Gasteiger partial charge on any atom is -0.464 e. The summed E-state index contributed by atoms with van der Waals surface area (Å²) >= 11 is 0. The summed E-state index contributed by atoms with van der Waals surface area (Å²) in [6.45, 7) is 4.19. The fourth-order valence-corrected chi connectivity index (χ4v) is 1.83. The van der Waals surface area contributed by atoms with Crippen LogP contribution in [0.15, 0.2) is 53.2 Å². The van der Waals surface area contributed by atoms with E-state index in [-0.39, 0.29) is 0 Å². The van der Waals surface area contributed by atoms with Crippen LogP contribution in [-0.4, -0.2) is 0 Å². The van der Waals surface area contributed by atoms with Gasteiger partial charge in [-0.1, -0.05) is 31.2 Å². The summed E-state index contributed by atoms with van der Waals surface area (Å²) in [7, 11) is 0. The Bertz CT molecular complexity index is 529. The zero-order valence-corrected chi connectivity index (χ0v) is 9.73. The highest BCUT2D eigenvalue weighted by Gasteiger charge is 2.01. The summed E-state index contributed by atoms with van der Waals surface area (Å²) < 4.78 is 5.34. The van der Waals surface area contributed by atoms with Gasteiger partial charge in [-0.05, 0) is 42.7 Å². The summed E-state index contributed by atoms with van der Waals surface area (Å²) in [6, 6.07) is 8.30. The van der Waals surface area contributed by atoms with Gasteiger partial charge in [0.15, 0.2) is 0 Å². The van der Waals surface area contributed by atoms with Crippen LogP contribution in [-0.2, 0) is 0 Å². The number of hydrogen-bond acceptors (Lipinski definition) is 1. The van der Waals surface area contributed by atoms with E-state index in [2.05, 4.69) is 37.3 Å². The molecule has 82 valence electrons. The molecule has 0 aliphatic rings. The molecule has 1 aromatic carbocycles. The highest BCUT2D eigenvalue weighted by atomic mass is 16.3. The van der Waals surface area contributed by atoms with E-state index in [0.29, 0.717) is 0 Å². The average molecular weight is 212 g/mol. The van der Waals surface area contributed by atoms with Crippen molar-refractivity contribution in [1.82, 2.24) is 0 Å². The third-order valence-electron chi connectivity index (χ3n) is 2.56. The van der Waals surface area contributed by atoms with Crippen LogP contribution in [0.5, 0.6) is 0 Å². The first kappa shape index (κ1) is 10.7. The summed E-state index contributed by atoms with van der Waals surface area (Å²) in [4.78, 5) is 0. The van der Waals surface area contributed by atoms with E-state index in [1.54, 1.807) is 6.26 Å². The topological polar surface area (TPSA) is 13.1 Å². The van der Waals surface area contributed by atoms with Gasteiger partial charge in [-0.15, -0.1) is 0 Å². The van der Waals surface area contributed by atoms with Crippen molar-refractivity contribution in [2.75, 3.05) is 0 Å². The van der Waals surface area contributed by atoms with Crippen molar-refractivity contribution in [3.05, 3.63) is 54.3 Å². The molecule has 0 N–H and O–H groups in total. The van der Waals surface area contributed by atoms with Crippen LogP contribution in [0.25, 0.3) is 16.5 Å². The molecular weight excluding hydrogens is 196 g/mol. The third kappa shape index (κ3) is 2.08. The zero-order chi connectivity index (χ0) is 11.4. The molecule has 0 saturated heterocycles. The van der Waals surface area contributed by atoms with Crippen molar-refractivity contribution in [2.45, 2.75) is 20.3 Å². The molecule has 2 aromatic rings. The average Bonchev–Trinajstić information content (AvgIpc) is 2.75. The maximum absolute atomic E-state index is 5.34. The van der Waals surface area contributed by atoms with Crippen molar-refractivity contribution < 1.29 is 4.42 Å². The molecule has 0 radical (unpaired) electrons. The van der Waals surface area contributed by atoms with E-state index < -0.39 is 0 Å². The van der Waals surface area contributed by atoms with Crippen molar-refractivity contribution in [1.29, 1.82) is 0 Å². The molecule has 0 saturated carbocycles. The minimum atomic E-state index is 0.945. The molecular formula is C15H16O. The summed E-state index contributed by atoms with van der Waals surface area (Å²) in [5, 5.41) is 1.16. The van der Waals surface area contributed by atoms with Gasteiger partial charge in [-0.25, -0.2) is 0 Å². The zero-order valence-electron chi connectivity index (χ0n) is 9.73. The Kier molecular flexibility index (Phi) is 3.25. The van der Waals surface area contributed by atoms with Gasteiger partial charge >= 0.3 is 0 Å². The molecule has 1 aromatic heterocycles. The summed E-state index contributed by atoms with van der Waals surface area (Å²) in [5.74, 6) is 0. The van der Waals surface area contributed by atoms with Gasteiger partial charge in [-0.3, -0.25) is 0 Å². The molecule has 1 heteroatoms. The lowest BCUT2D eigenvalue weighted by atomic mass is 10.0. The molecule has 0 aliphatic heterocycles. The monoisotopic (exact) mass is 212 g/mol. The standard InChI is InChI=1S/C15H16O/c1-3-5-12(6-4-2)13-7-8-15-14(11-13)9-10-16-15/h3,5-11H,4H2,1-2H3/b5-3-,12-6+.